The molecule has 2 fully saturated rings. The molecule has 2 unspecified atom stereocenters. The number of hydrogen-bond acceptors (Lipinski definition) is 3. The predicted molar refractivity (Wildman–Crippen MR) is 71.0 cm³/mol. The van der Waals surface area contributed by atoms with Gasteiger partial charge in [-0.2, -0.15) is 0 Å². The third kappa shape index (κ3) is 4.23. The van der Waals surface area contributed by atoms with Gasteiger partial charge in [0.25, 0.3) is 0 Å². The van der Waals surface area contributed by atoms with E-state index in [9.17, 15) is 0 Å². The molecule has 100 valence electrons. The molecule has 0 bridgehead atoms. The molecule has 17 heavy (non-hydrogen) atoms. The van der Waals surface area contributed by atoms with Crippen molar-refractivity contribution in [2.45, 2.75) is 51.6 Å². The summed E-state index contributed by atoms with van der Waals surface area (Å²) in [5.74, 6) is 1.63. The van der Waals surface area contributed by atoms with Crippen molar-refractivity contribution in [1.29, 1.82) is 0 Å². The van der Waals surface area contributed by atoms with Gasteiger partial charge in [-0.1, -0.05) is 0 Å². The molecule has 1 heterocycles. The van der Waals surface area contributed by atoms with Crippen LogP contribution < -0.4 is 5.32 Å². The summed E-state index contributed by atoms with van der Waals surface area (Å²) in [4.78, 5) is 2.56. The van der Waals surface area contributed by atoms with Gasteiger partial charge in [0.15, 0.2) is 0 Å². The Morgan fingerprint density at radius 1 is 1.24 bits per heavy atom. The van der Waals surface area contributed by atoms with Crippen LogP contribution in [0.15, 0.2) is 0 Å². The number of piperidine rings is 1. The average molecular weight is 240 g/mol. The molecule has 1 saturated carbocycles. The van der Waals surface area contributed by atoms with Crippen molar-refractivity contribution in [1.82, 2.24) is 10.2 Å². The van der Waals surface area contributed by atoms with Crippen molar-refractivity contribution in [3.8, 4) is 0 Å². The maximum absolute atomic E-state index is 9.12. The standard InChI is InChI=1S/C14H28N2O/c1-11(2)16-9-13(5-6-17)7-14(10-16)15-8-12-3-4-12/h11-15,17H,3-10H2,1-2H3. The van der Waals surface area contributed by atoms with E-state index in [1.807, 2.05) is 0 Å². The lowest BCUT2D eigenvalue weighted by Gasteiger charge is -2.40. The number of aliphatic hydroxyl groups excluding tert-OH is 1. The first-order valence-electron chi connectivity index (χ1n) is 7.27. The Hall–Kier alpha value is -0.120. The summed E-state index contributed by atoms with van der Waals surface area (Å²) in [6.45, 7) is 8.46. The topological polar surface area (TPSA) is 35.5 Å². The van der Waals surface area contributed by atoms with Crippen LogP contribution in [0.4, 0.5) is 0 Å². The Bertz CT molecular complexity index is 228. The number of nitrogens with zero attached hydrogens (tertiary/aromatic N) is 1. The molecule has 2 atom stereocenters. The van der Waals surface area contributed by atoms with Crippen LogP contribution in [-0.4, -0.2) is 48.3 Å². The number of aliphatic hydroxyl groups is 1. The maximum atomic E-state index is 9.12. The van der Waals surface area contributed by atoms with Crippen LogP contribution in [0, 0.1) is 11.8 Å². The molecule has 0 aromatic rings. The van der Waals surface area contributed by atoms with Crippen LogP contribution in [0.25, 0.3) is 0 Å². The zero-order chi connectivity index (χ0) is 12.3. The molecule has 1 aliphatic heterocycles. The Kier molecular flexibility index (Phi) is 4.83. The first-order chi connectivity index (χ1) is 8.19. The molecule has 3 nitrogen and oxygen atoms in total. The zero-order valence-electron chi connectivity index (χ0n) is 11.4. The minimum Gasteiger partial charge on any atom is -0.396 e. The van der Waals surface area contributed by atoms with Crippen LogP contribution in [0.1, 0.15) is 39.5 Å². The predicted octanol–water partition coefficient (Wildman–Crippen LogP) is 1.47. The summed E-state index contributed by atoms with van der Waals surface area (Å²) in [5, 5.41) is 12.9. The molecule has 1 aliphatic carbocycles. The van der Waals surface area contributed by atoms with E-state index < -0.39 is 0 Å². The fourth-order valence-electron chi connectivity index (χ4n) is 2.86. The summed E-state index contributed by atoms with van der Waals surface area (Å²) in [5.41, 5.74) is 0. The number of rotatable bonds is 6. The van der Waals surface area contributed by atoms with Gasteiger partial charge in [-0.25, -0.2) is 0 Å². The van der Waals surface area contributed by atoms with Gasteiger partial charge in [-0.3, -0.25) is 4.90 Å². The van der Waals surface area contributed by atoms with Crippen LogP contribution in [0.5, 0.6) is 0 Å². The zero-order valence-corrected chi connectivity index (χ0v) is 11.4. The van der Waals surface area contributed by atoms with Gasteiger partial charge in [-0.15, -0.1) is 0 Å². The molecule has 3 heteroatoms. The fourth-order valence-corrected chi connectivity index (χ4v) is 2.86. The van der Waals surface area contributed by atoms with E-state index in [4.69, 9.17) is 5.11 Å². The van der Waals surface area contributed by atoms with E-state index >= 15 is 0 Å². The lowest BCUT2D eigenvalue weighted by molar-refractivity contribution is 0.0963. The number of hydrogen-bond donors (Lipinski definition) is 2. The van der Waals surface area contributed by atoms with E-state index in [2.05, 4.69) is 24.1 Å². The van der Waals surface area contributed by atoms with Gasteiger partial charge in [0.2, 0.25) is 0 Å². The van der Waals surface area contributed by atoms with Gasteiger partial charge >= 0.3 is 0 Å². The van der Waals surface area contributed by atoms with Crippen LogP contribution in [0.3, 0.4) is 0 Å². The fraction of sp³-hybridized carbons (Fsp3) is 1.00. The molecule has 0 spiro atoms. The highest BCUT2D eigenvalue weighted by atomic mass is 16.3. The van der Waals surface area contributed by atoms with Crippen LogP contribution in [0.2, 0.25) is 0 Å². The van der Waals surface area contributed by atoms with Crippen LogP contribution >= 0.6 is 0 Å². The maximum Gasteiger partial charge on any atom is 0.0434 e. The van der Waals surface area contributed by atoms with E-state index in [1.54, 1.807) is 0 Å². The van der Waals surface area contributed by atoms with Crippen molar-refractivity contribution in [3.63, 3.8) is 0 Å². The molecular formula is C14H28N2O. The van der Waals surface area contributed by atoms with E-state index in [1.165, 1.54) is 38.9 Å². The summed E-state index contributed by atoms with van der Waals surface area (Å²) < 4.78 is 0. The van der Waals surface area contributed by atoms with Crippen molar-refractivity contribution in [2.75, 3.05) is 26.2 Å². The second-order valence-corrected chi connectivity index (χ2v) is 6.21. The van der Waals surface area contributed by atoms with Crippen molar-refractivity contribution >= 4 is 0 Å². The quantitative estimate of drug-likeness (QED) is 0.738. The molecule has 0 radical (unpaired) electrons. The van der Waals surface area contributed by atoms with Crippen molar-refractivity contribution < 1.29 is 5.11 Å². The molecule has 0 aromatic heterocycles. The minimum atomic E-state index is 0.339. The van der Waals surface area contributed by atoms with E-state index in [-0.39, 0.29) is 0 Å². The normalized spacial score (nSPS) is 31.1. The summed E-state index contributed by atoms with van der Waals surface area (Å²) >= 11 is 0. The van der Waals surface area contributed by atoms with Gasteiger partial charge < -0.3 is 10.4 Å². The largest absolute Gasteiger partial charge is 0.396 e. The summed E-state index contributed by atoms with van der Waals surface area (Å²) in [7, 11) is 0. The highest BCUT2D eigenvalue weighted by molar-refractivity contribution is 4.86. The monoisotopic (exact) mass is 240 g/mol. The molecule has 2 rings (SSSR count). The Morgan fingerprint density at radius 3 is 2.59 bits per heavy atom. The number of likely N-dealkylation sites (tertiary alicyclic amines) is 1. The van der Waals surface area contributed by atoms with Crippen molar-refractivity contribution in [2.24, 2.45) is 11.8 Å². The third-order valence-corrected chi connectivity index (χ3v) is 4.23. The average Bonchev–Trinajstić information content (AvgIpc) is 3.10. The number of nitrogens with one attached hydrogen (secondary N) is 1. The van der Waals surface area contributed by atoms with E-state index in [0.717, 1.165) is 12.3 Å². The smallest absolute Gasteiger partial charge is 0.0434 e. The summed E-state index contributed by atoms with van der Waals surface area (Å²) in [6, 6.07) is 1.27. The minimum absolute atomic E-state index is 0.339. The lowest BCUT2D eigenvalue weighted by Crippen LogP contribution is -2.51. The first-order valence-corrected chi connectivity index (χ1v) is 7.27. The Labute approximate surface area is 106 Å². The van der Waals surface area contributed by atoms with Gasteiger partial charge in [0, 0.05) is 31.8 Å². The van der Waals surface area contributed by atoms with Crippen molar-refractivity contribution in [3.05, 3.63) is 0 Å². The Balaban J connectivity index is 1.81. The molecule has 1 saturated heterocycles. The third-order valence-electron chi connectivity index (χ3n) is 4.23. The molecule has 2 N–H and O–H groups in total. The summed E-state index contributed by atoms with van der Waals surface area (Å²) in [6.07, 6.45) is 5.06. The molecule has 0 aromatic carbocycles. The van der Waals surface area contributed by atoms with Gasteiger partial charge in [0.1, 0.15) is 0 Å². The SMILES string of the molecule is CC(C)N1CC(CCO)CC(NCC2CC2)C1. The van der Waals surface area contributed by atoms with Gasteiger partial charge in [0.05, 0.1) is 0 Å². The molecule has 2 aliphatic rings. The molecule has 0 amide bonds. The molecular weight excluding hydrogens is 212 g/mol. The van der Waals surface area contributed by atoms with Crippen LogP contribution in [-0.2, 0) is 0 Å². The lowest BCUT2D eigenvalue weighted by atomic mass is 9.91. The highest BCUT2D eigenvalue weighted by Crippen LogP contribution is 2.28. The van der Waals surface area contributed by atoms with E-state index in [0.29, 0.717) is 24.6 Å². The highest BCUT2D eigenvalue weighted by Gasteiger charge is 2.29. The second kappa shape index (κ2) is 6.17. The second-order valence-electron chi connectivity index (χ2n) is 6.21. The Morgan fingerprint density at radius 2 is 2.00 bits per heavy atom. The van der Waals surface area contributed by atoms with Gasteiger partial charge in [-0.05, 0) is 57.9 Å². The first kappa shape index (κ1) is 13.3.